The van der Waals surface area contributed by atoms with Crippen molar-refractivity contribution in [3.05, 3.63) is 54.1 Å². The minimum atomic E-state index is -3.32. The second-order valence-corrected chi connectivity index (χ2v) is 9.80. The summed E-state index contributed by atoms with van der Waals surface area (Å²) >= 11 is 5.60. The monoisotopic (exact) mass is 433 g/mol. The van der Waals surface area contributed by atoms with Crippen LogP contribution in [0.3, 0.4) is 0 Å². The highest BCUT2D eigenvalue weighted by Crippen LogP contribution is 2.39. The van der Waals surface area contributed by atoms with E-state index in [0.29, 0.717) is 10.8 Å². The van der Waals surface area contributed by atoms with E-state index in [1.54, 1.807) is 25.3 Å². The molecular weight excluding hydrogens is 406 g/mol. The van der Waals surface area contributed by atoms with E-state index in [1.807, 2.05) is 18.2 Å². The molecule has 0 spiro atoms. The lowest BCUT2D eigenvalue weighted by Crippen LogP contribution is -2.45. The highest BCUT2D eigenvalue weighted by Gasteiger charge is 2.36. The van der Waals surface area contributed by atoms with Gasteiger partial charge in [-0.3, -0.25) is 4.31 Å². The quantitative estimate of drug-likeness (QED) is 0.675. The van der Waals surface area contributed by atoms with Crippen molar-refractivity contribution in [2.75, 3.05) is 30.0 Å². The van der Waals surface area contributed by atoms with Gasteiger partial charge in [0.2, 0.25) is 10.0 Å². The summed E-state index contributed by atoms with van der Waals surface area (Å²) < 4.78 is 30.1. The number of hydrogen-bond donors (Lipinski definition) is 2. The normalized spacial score (nSPS) is 15.6. The molecular formula is C21H27N3O3S2. The maximum absolute atomic E-state index is 11.8. The molecule has 0 saturated heterocycles. The van der Waals surface area contributed by atoms with Crippen LogP contribution >= 0.6 is 12.2 Å². The van der Waals surface area contributed by atoms with Gasteiger partial charge in [0.15, 0.2) is 5.11 Å². The van der Waals surface area contributed by atoms with Crippen LogP contribution in [0.1, 0.15) is 31.2 Å². The molecule has 1 saturated carbocycles. The SMILES string of the molecule is COc1ccc(C2(NC(=S)Nc3cccc(N(C)S(C)(=O)=O)c3)CCCC2)cc1. The van der Waals surface area contributed by atoms with Crippen LogP contribution in [0.2, 0.25) is 0 Å². The lowest BCUT2D eigenvalue weighted by molar-refractivity contribution is 0.401. The van der Waals surface area contributed by atoms with Crippen molar-refractivity contribution < 1.29 is 13.2 Å². The average molecular weight is 434 g/mol. The molecule has 0 aromatic heterocycles. The number of nitrogens with one attached hydrogen (secondary N) is 2. The smallest absolute Gasteiger partial charge is 0.231 e. The Morgan fingerprint density at radius 2 is 1.79 bits per heavy atom. The van der Waals surface area contributed by atoms with E-state index in [1.165, 1.54) is 23.2 Å². The summed E-state index contributed by atoms with van der Waals surface area (Å²) in [6, 6.07) is 15.3. The third kappa shape index (κ3) is 5.00. The molecule has 0 radical (unpaired) electrons. The zero-order chi connectivity index (χ0) is 21.1. The van der Waals surface area contributed by atoms with E-state index in [-0.39, 0.29) is 5.54 Å². The number of sulfonamides is 1. The first kappa shape index (κ1) is 21.4. The van der Waals surface area contributed by atoms with Crippen molar-refractivity contribution in [1.29, 1.82) is 0 Å². The van der Waals surface area contributed by atoms with Crippen molar-refractivity contribution in [1.82, 2.24) is 5.32 Å². The predicted octanol–water partition coefficient (Wildman–Crippen LogP) is 3.85. The Morgan fingerprint density at radius 1 is 1.14 bits per heavy atom. The lowest BCUT2D eigenvalue weighted by Gasteiger charge is -2.32. The Hall–Kier alpha value is -2.32. The van der Waals surface area contributed by atoms with Crippen LogP contribution in [0.5, 0.6) is 5.75 Å². The molecule has 3 rings (SSSR count). The van der Waals surface area contributed by atoms with E-state index < -0.39 is 10.0 Å². The van der Waals surface area contributed by atoms with E-state index in [9.17, 15) is 8.42 Å². The van der Waals surface area contributed by atoms with Crippen LogP contribution in [0, 0.1) is 0 Å². The number of ether oxygens (including phenoxy) is 1. The zero-order valence-corrected chi connectivity index (χ0v) is 18.6. The fraction of sp³-hybridized carbons (Fsp3) is 0.381. The molecule has 156 valence electrons. The fourth-order valence-electron chi connectivity index (χ4n) is 3.73. The van der Waals surface area contributed by atoms with Crippen LogP contribution in [-0.4, -0.2) is 33.9 Å². The van der Waals surface area contributed by atoms with E-state index in [0.717, 1.165) is 37.1 Å². The standard InChI is InChI=1S/C21H27N3O3S2/c1-24(29(3,25)26)18-8-6-7-17(15-18)22-20(28)23-21(13-4-5-14-21)16-9-11-19(27-2)12-10-16/h6-12,15H,4-5,13-14H2,1-3H3,(H2,22,23,28). The number of benzene rings is 2. The molecule has 8 heteroatoms. The van der Waals surface area contributed by atoms with Gasteiger partial charge in [0.25, 0.3) is 0 Å². The van der Waals surface area contributed by atoms with Crippen molar-refractivity contribution in [2.24, 2.45) is 0 Å². The molecule has 0 bridgehead atoms. The van der Waals surface area contributed by atoms with Crippen LogP contribution in [-0.2, 0) is 15.6 Å². The largest absolute Gasteiger partial charge is 0.497 e. The third-order valence-corrected chi connectivity index (χ3v) is 6.83. The Labute approximate surface area is 178 Å². The lowest BCUT2D eigenvalue weighted by atomic mass is 9.88. The fourth-order valence-corrected chi connectivity index (χ4v) is 4.53. The molecule has 0 aliphatic heterocycles. The molecule has 1 fully saturated rings. The number of anilines is 2. The van der Waals surface area contributed by atoms with Crippen molar-refractivity contribution in [3.63, 3.8) is 0 Å². The zero-order valence-electron chi connectivity index (χ0n) is 16.9. The number of nitrogens with zero attached hydrogens (tertiary/aromatic N) is 1. The molecule has 0 heterocycles. The second kappa shape index (κ2) is 8.59. The minimum Gasteiger partial charge on any atom is -0.497 e. The Morgan fingerprint density at radius 3 is 2.38 bits per heavy atom. The van der Waals surface area contributed by atoms with Gasteiger partial charge in [0.1, 0.15) is 5.75 Å². The summed E-state index contributed by atoms with van der Waals surface area (Å²) in [5, 5.41) is 7.24. The number of thiocarbonyl (C=S) groups is 1. The number of hydrogen-bond acceptors (Lipinski definition) is 4. The van der Waals surface area contributed by atoms with Gasteiger partial charge in [-0.25, -0.2) is 8.42 Å². The first-order chi connectivity index (χ1) is 13.7. The maximum atomic E-state index is 11.8. The van der Waals surface area contributed by atoms with E-state index >= 15 is 0 Å². The second-order valence-electron chi connectivity index (χ2n) is 7.38. The maximum Gasteiger partial charge on any atom is 0.231 e. The summed E-state index contributed by atoms with van der Waals surface area (Å²) in [4.78, 5) is 0. The van der Waals surface area contributed by atoms with Gasteiger partial charge >= 0.3 is 0 Å². The highest BCUT2D eigenvalue weighted by molar-refractivity contribution is 7.92. The van der Waals surface area contributed by atoms with Gasteiger partial charge in [-0.15, -0.1) is 0 Å². The molecule has 2 N–H and O–H groups in total. The van der Waals surface area contributed by atoms with Gasteiger partial charge in [0.05, 0.1) is 24.6 Å². The van der Waals surface area contributed by atoms with Gasteiger partial charge < -0.3 is 15.4 Å². The Balaban J connectivity index is 1.76. The molecule has 1 aliphatic carbocycles. The molecule has 0 amide bonds. The van der Waals surface area contributed by atoms with Crippen LogP contribution < -0.4 is 19.7 Å². The highest BCUT2D eigenvalue weighted by atomic mass is 32.2. The summed E-state index contributed by atoms with van der Waals surface area (Å²) in [6.45, 7) is 0. The van der Waals surface area contributed by atoms with Crippen molar-refractivity contribution >= 4 is 38.7 Å². The van der Waals surface area contributed by atoms with Crippen molar-refractivity contribution in [2.45, 2.75) is 31.2 Å². The van der Waals surface area contributed by atoms with Gasteiger partial charge in [0, 0.05) is 12.7 Å². The average Bonchev–Trinajstić information content (AvgIpc) is 3.16. The first-order valence-corrected chi connectivity index (χ1v) is 11.8. The molecule has 6 nitrogen and oxygen atoms in total. The summed E-state index contributed by atoms with van der Waals surface area (Å²) in [7, 11) is -0.135. The van der Waals surface area contributed by atoms with Crippen LogP contribution in [0.25, 0.3) is 0 Å². The summed E-state index contributed by atoms with van der Waals surface area (Å²) in [6.07, 6.45) is 5.45. The number of methoxy groups -OCH3 is 1. The predicted molar refractivity (Wildman–Crippen MR) is 122 cm³/mol. The molecule has 0 unspecified atom stereocenters. The first-order valence-electron chi connectivity index (χ1n) is 9.51. The van der Waals surface area contributed by atoms with Crippen LogP contribution in [0.4, 0.5) is 11.4 Å². The number of rotatable bonds is 6. The molecule has 0 atom stereocenters. The van der Waals surface area contributed by atoms with Gasteiger partial charge in [-0.2, -0.15) is 0 Å². The van der Waals surface area contributed by atoms with E-state index in [2.05, 4.69) is 22.8 Å². The third-order valence-electron chi connectivity index (χ3n) is 5.42. The Kier molecular flexibility index (Phi) is 6.33. The van der Waals surface area contributed by atoms with E-state index in [4.69, 9.17) is 17.0 Å². The molecule has 1 aliphatic rings. The Bertz CT molecular complexity index is 969. The van der Waals surface area contributed by atoms with Crippen molar-refractivity contribution in [3.8, 4) is 5.75 Å². The van der Waals surface area contributed by atoms with Gasteiger partial charge in [-0.1, -0.05) is 31.0 Å². The minimum absolute atomic E-state index is 0.211. The molecule has 2 aromatic rings. The molecule has 29 heavy (non-hydrogen) atoms. The van der Waals surface area contributed by atoms with Crippen LogP contribution in [0.15, 0.2) is 48.5 Å². The molecule has 2 aromatic carbocycles. The topological polar surface area (TPSA) is 70.7 Å². The van der Waals surface area contributed by atoms with Gasteiger partial charge in [-0.05, 0) is 61.0 Å². The summed E-state index contributed by atoms with van der Waals surface area (Å²) in [5.41, 5.74) is 2.28. The summed E-state index contributed by atoms with van der Waals surface area (Å²) in [5.74, 6) is 0.828.